The lowest BCUT2D eigenvalue weighted by atomic mass is 9.82. The number of ether oxygens (including phenoxy) is 2. The molecule has 3 aromatic rings. The Morgan fingerprint density at radius 2 is 1.77 bits per heavy atom. The molecule has 0 aliphatic heterocycles. The van der Waals surface area contributed by atoms with Gasteiger partial charge in [0, 0.05) is 29.3 Å². The summed E-state index contributed by atoms with van der Waals surface area (Å²) in [7, 11) is 1.41. The van der Waals surface area contributed by atoms with E-state index in [-0.39, 0.29) is 29.4 Å². The molecule has 1 fully saturated rings. The summed E-state index contributed by atoms with van der Waals surface area (Å²) in [5, 5.41) is 13.4. The van der Waals surface area contributed by atoms with Crippen molar-refractivity contribution in [1.29, 1.82) is 0 Å². The summed E-state index contributed by atoms with van der Waals surface area (Å²) in [6.07, 6.45) is 3.64. The molecule has 7 nitrogen and oxygen atoms in total. The number of hydrogen-bond donors (Lipinski definition) is 1. The zero-order chi connectivity index (χ0) is 24.8. The van der Waals surface area contributed by atoms with Crippen molar-refractivity contribution < 1.29 is 23.8 Å². The van der Waals surface area contributed by atoms with Crippen LogP contribution in [0, 0.1) is 17.7 Å². The fourth-order valence-corrected chi connectivity index (χ4v) is 4.65. The van der Waals surface area contributed by atoms with Crippen LogP contribution in [0.15, 0.2) is 59.4 Å². The molecule has 0 bridgehead atoms. The van der Waals surface area contributed by atoms with Gasteiger partial charge in [-0.1, -0.05) is 42.5 Å². The van der Waals surface area contributed by atoms with Crippen LogP contribution in [-0.4, -0.2) is 41.2 Å². The summed E-state index contributed by atoms with van der Waals surface area (Å²) in [6.45, 7) is 0.639. The van der Waals surface area contributed by atoms with Gasteiger partial charge >= 0.3 is 5.97 Å². The lowest BCUT2D eigenvalue weighted by Crippen LogP contribution is -2.29. The molecule has 0 amide bonds. The largest absolute Gasteiger partial charge is 0.494 e. The highest BCUT2D eigenvalue weighted by atomic mass is 19.1. The minimum absolute atomic E-state index is 0.106. The highest BCUT2D eigenvalue weighted by Gasteiger charge is 2.24. The Balaban J connectivity index is 1.59. The van der Waals surface area contributed by atoms with Gasteiger partial charge in [0.15, 0.2) is 11.6 Å². The molecule has 4 rings (SSSR count). The van der Waals surface area contributed by atoms with Gasteiger partial charge in [0.25, 0.3) is 5.56 Å². The summed E-state index contributed by atoms with van der Waals surface area (Å²) >= 11 is 0. The van der Waals surface area contributed by atoms with Gasteiger partial charge in [0.1, 0.15) is 6.61 Å². The first-order valence-electron chi connectivity index (χ1n) is 11.8. The molecular weight excluding hydrogens is 451 g/mol. The number of aliphatic carboxylic acids is 1. The minimum atomic E-state index is -0.962. The minimum Gasteiger partial charge on any atom is -0.494 e. The van der Waals surface area contributed by atoms with Crippen LogP contribution in [0.2, 0.25) is 0 Å². The predicted octanol–water partition coefficient (Wildman–Crippen LogP) is 4.63. The van der Waals surface area contributed by atoms with E-state index in [4.69, 9.17) is 19.7 Å². The predicted molar refractivity (Wildman–Crippen MR) is 130 cm³/mol. The first kappa shape index (κ1) is 24.6. The molecule has 0 spiro atoms. The Labute approximate surface area is 203 Å². The van der Waals surface area contributed by atoms with Crippen molar-refractivity contribution >= 4 is 5.97 Å². The van der Waals surface area contributed by atoms with Crippen LogP contribution in [0.3, 0.4) is 0 Å². The maximum atomic E-state index is 15.1. The molecule has 1 N–H and O–H groups in total. The van der Waals surface area contributed by atoms with E-state index in [1.54, 1.807) is 18.2 Å². The Kier molecular flexibility index (Phi) is 7.92. The van der Waals surface area contributed by atoms with Gasteiger partial charge in [-0.3, -0.25) is 4.79 Å². The number of carboxylic acids is 1. The Morgan fingerprint density at radius 3 is 2.46 bits per heavy atom. The number of rotatable bonds is 9. The van der Waals surface area contributed by atoms with Gasteiger partial charge in [0.2, 0.25) is 0 Å². The van der Waals surface area contributed by atoms with E-state index < -0.39 is 11.8 Å². The van der Waals surface area contributed by atoms with Crippen LogP contribution >= 0.6 is 0 Å². The fraction of sp³-hybridized carbons (Fsp3) is 0.370. The highest BCUT2D eigenvalue weighted by Crippen LogP contribution is 2.35. The van der Waals surface area contributed by atoms with Crippen molar-refractivity contribution in [3.8, 4) is 28.1 Å². The SMILES string of the molecule is COc1cccc(-c2cc(=O)n(C[C@H]3CC[C@@H](COCC(=O)O)CC3)nc2-c2ccccc2)c1F. The number of hydrogen-bond acceptors (Lipinski definition) is 5. The number of halogens is 1. The van der Waals surface area contributed by atoms with Gasteiger partial charge in [-0.25, -0.2) is 13.9 Å². The van der Waals surface area contributed by atoms with Crippen molar-refractivity contribution in [3.63, 3.8) is 0 Å². The van der Waals surface area contributed by atoms with Gasteiger partial charge < -0.3 is 14.6 Å². The summed E-state index contributed by atoms with van der Waals surface area (Å²) in [5.41, 5.74) is 1.73. The third kappa shape index (κ3) is 5.95. The molecule has 8 heteroatoms. The van der Waals surface area contributed by atoms with E-state index in [2.05, 4.69) is 0 Å². The molecule has 1 aromatic heterocycles. The molecule has 0 radical (unpaired) electrons. The van der Waals surface area contributed by atoms with Crippen molar-refractivity contribution in [2.24, 2.45) is 11.8 Å². The van der Waals surface area contributed by atoms with Crippen LogP contribution in [-0.2, 0) is 16.1 Å². The number of carboxylic acid groups (broad SMARTS) is 1. The third-order valence-electron chi connectivity index (χ3n) is 6.50. The van der Waals surface area contributed by atoms with Crippen molar-refractivity contribution in [2.45, 2.75) is 32.2 Å². The highest BCUT2D eigenvalue weighted by molar-refractivity contribution is 5.81. The van der Waals surface area contributed by atoms with Gasteiger partial charge in [-0.2, -0.15) is 5.10 Å². The molecule has 2 aromatic carbocycles. The number of aromatic nitrogens is 2. The summed E-state index contributed by atoms with van der Waals surface area (Å²) < 4.78 is 27.0. The summed E-state index contributed by atoms with van der Waals surface area (Å²) in [5.74, 6) is -0.785. The van der Waals surface area contributed by atoms with Crippen LogP contribution in [0.25, 0.3) is 22.4 Å². The zero-order valence-electron chi connectivity index (χ0n) is 19.7. The molecule has 1 aliphatic carbocycles. The summed E-state index contributed by atoms with van der Waals surface area (Å²) in [6, 6.07) is 15.7. The van der Waals surface area contributed by atoms with Crippen molar-refractivity contribution in [1.82, 2.24) is 9.78 Å². The topological polar surface area (TPSA) is 90.7 Å². The van der Waals surface area contributed by atoms with Crippen molar-refractivity contribution in [2.75, 3.05) is 20.3 Å². The van der Waals surface area contributed by atoms with Crippen LogP contribution in [0.1, 0.15) is 25.7 Å². The third-order valence-corrected chi connectivity index (χ3v) is 6.50. The number of carbonyl (C=O) groups is 1. The first-order chi connectivity index (χ1) is 17.0. The van der Waals surface area contributed by atoms with E-state index in [1.807, 2.05) is 30.3 Å². The average molecular weight is 481 g/mol. The maximum absolute atomic E-state index is 15.1. The number of benzene rings is 2. The monoisotopic (exact) mass is 480 g/mol. The van der Waals surface area contributed by atoms with E-state index in [0.29, 0.717) is 30.3 Å². The number of nitrogens with zero attached hydrogens (tertiary/aromatic N) is 2. The molecule has 1 saturated carbocycles. The number of methoxy groups -OCH3 is 1. The average Bonchev–Trinajstić information content (AvgIpc) is 2.86. The standard InChI is InChI=1S/C27H29FN2O5/c1-34-23-9-5-8-21(26(23)28)22-14-24(31)30(29-27(22)20-6-3-2-4-7-20)15-18-10-12-19(13-11-18)16-35-17-25(32)33/h2-9,14,18-19H,10-13,15-17H2,1H3,(H,32,33)/t18-,19+. The summed E-state index contributed by atoms with van der Waals surface area (Å²) in [4.78, 5) is 23.7. The molecule has 0 atom stereocenters. The lowest BCUT2D eigenvalue weighted by Gasteiger charge is -2.28. The Morgan fingerprint density at radius 1 is 1.06 bits per heavy atom. The van der Waals surface area contributed by atoms with Crippen LogP contribution in [0.4, 0.5) is 4.39 Å². The van der Waals surface area contributed by atoms with Gasteiger partial charge in [-0.15, -0.1) is 0 Å². The molecule has 1 aliphatic rings. The van der Waals surface area contributed by atoms with E-state index in [1.165, 1.54) is 17.9 Å². The zero-order valence-corrected chi connectivity index (χ0v) is 19.7. The molecule has 184 valence electrons. The lowest BCUT2D eigenvalue weighted by molar-refractivity contribution is -0.142. The molecule has 35 heavy (non-hydrogen) atoms. The first-order valence-corrected chi connectivity index (χ1v) is 11.8. The molecule has 0 unspecified atom stereocenters. The molecule has 1 heterocycles. The second-order valence-corrected chi connectivity index (χ2v) is 8.91. The van der Waals surface area contributed by atoms with Crippen LogP contribution in [0.5, 0.6) is 5.75 Å². The van der Waals surface area contributed by atoms with E-state index in [0.717, 1.165) is 31.2 Å². The second kappa shape index (κ2) is 11.3. The quantitative estimate of drug-likeness (QED) is 0.480. The maximum Gasteiger partial charge on any atom is 0.329 e. The van der Waals surface area contributed by atoms with Gasteiger partial charge in [0.05, 0.1) is 19.4 Å². The molecular formula is C27H29FN2O5. The Bertz CT molecular complexity index is 1220. The van der Waals surface area contributed by atoms with Gasteiger partial charge in [-0.05, 0) is 43.6 Å². The second-order valence-electron chi connectivity index (χ2n) is 8.91. The smallest absolute Gasteiger partial charge is 0.329 e. The normalized spacial score (nSPS) is 17.8. The fourth-order valence-electron chi connectivity index (χ4n) is 4.65. The molecule has 0 saturated heterocycles. The van der Waals surface area contributed by atoms with E-state index >= 15 is 4.39 Å². The van der Waals surface area contributed by atoms with E-state index in [9.17, 15) is 9.59 Å². The van der Waals surface area contributed by atoms with Crippen molar-refractivity contribution in [3.05, 3.63) is 70.8 Å². The Hall–Kier alpha value is -3.52. The van der Waals surface area contributed by atoms with Crippen LogP contribution < -0.4 is 10.3 Å².